The molecule has 0 aromatic heterocycles. The van der Waals surface area contributed by atoms with E-state index in [1.807, 2.05) is 0 Å². The summed E-state index contributed by atoms with van der Waals surface area (Å²) in [6, 6.07) is 1.34. The van der Waals surface area contributed by atoms with E-state index in [0.717, 1.165) is 6.04 Å². The lowest BCUT2D eigenvalue weighted by Gasteiger charge is -2.40. The lowest BCUT2D eigenvalue weighted by molar-refractivity contribution is 0.393. The largest absolute Gasteiger partial charge is 0.303 e. The van der Waals surface area contributed by atoms with Crippen molar-refractivity contribution < 1.29 is 0 Å². The van der Waals surface area contributed by atoms with Gasteiger partial charge in [0.2, 0.25) is 0 Å². The van der Waals surface area contributed by atoms with Crippen molar-refractivity contribution in [1.29, 1.82) is 0 Å². The van der Waals surface area contributed by atoms with E-state index in [-0.39, 0.29) is 0 Å². The maximum Gasteiger partial charge on any atom is 0.0360 e. The van der Waals surface area contributed by atoms with Crippen LogP contribution in [0.4, 0.5) is 0 Å². The highest BCUT2D eigenvalue weighted by Gasteiger charge is 2.31. The van der Waals surface area contributed by atoms with Crippen molar-refractivity contribution in [3.05, 3.63) is 35.5 Å². The molecule has 0 amide bonds. The maximum absolute atomic E-state index is 3.67. The molecule has 3 rings (SSSR count). The summed E-state index contributed by atoms with van der Waals surface area (Å²) in [6.07, 6.45) is 12.9. The first-order valence-corrected chi connectivity index (χ1v) is 4.77. The van der Waals surface area contributed by atoms with E-state index in [4.69, 9.17) is 0 Å². The van der Waals surface area contributed by atoms with Crippen LogP contribution >= 0.6 is 0 Å². The summed E-state index contributed by atoms with van der Waals surface area (Å²) in [5, 5.41) is 3.67. The molecule has 1 heterocycles. The number of hydrogen-bond acceptors (Lipinski definition) is 1. The van der Waals surface area contributed by atoms with Gasteiger partial charge in [0.25, 0.3) is 0 Å². The summed E-state index contributed by atoms with van der Waals surface area (Å²) in [7, 11) is 0. The van der Waals surface area contributed by atoms with Crippen LogP contribution in [0.25, 0.3) is 0 Å². The Labute approximate surface area is 72.9 Å². The fourth-order valence-corrected chi connectivity index (χ4v) is 2.23. The lowest BCUT2D eigenvalue weighted by atomic mass is 9.78. The highest BCUT2D eigenvalue weighted by Crippen LogP contribution is 2.34. The van der Waals surface area contributed by atoms with Gasteiger partial charge >= 0.3 is 0 Å². The van der Waals surface area contributed by atoms with Crippen LogP contribution in [0, 0.1) is 0 Å². The number of hydrogen-bond donors (Lipinski definition) is 1. The molecule has 0 aromatic carbocycles. The van der Waals surface area contributed by atoms with Gasteiger partial charge in [-0.1, -0.05) is 29.9 Å². The summed E-state index contributed by atoms with van der Waals surface area (Å²) in [4.78, 5) is 0. The molecule has 1 heteroatoms. The summed E-state index contributed by atoms with van der Waals surface area (Å²) in [5.74, 6) is 0. The third-order valence-electron chi connectivity index (χ3n) is 3.12. The summed E-state index contributed by atoms with van der Waals surface area (Å²) in [5.41, 5.74) is 3.11. The van der Waals surface area contributed by atoms with Gasteiger partial charge in [0.15, 0.2) is 0 Å². The molecule has 0 aromatic rings. The molecular formula is C11H13N. The van der Waals surface area contributed by atoms with Gasteiger partial charge < -0.3 is 5.32 Å². The summed E-state index contributed by atoms with van der Waals surface area (Å²) >= 11 is 0. The number of allylic oxidation sites excluding steroid dienone is 2. The fourth-order valence-electron chi connectivity index (χ4n) is 2.23. The van der Waals surface area contributed by atoms with Gasteiger partial charge in [-0.3, -0.25) is 0 Å². The number of fused-ring (bicyclic) bond motifs is 2. The molecule has 2 unspecified atom stereocenters. The van der Waals surface area contributed by atoms with Gasteiger partial charge in [-0.2, -0.15) is 0 Å². The second kappa shape index (κ2) is 2.33. The van der Waals surface area contributed by atoms with Gasteiger partial charge in [-0.25, -0.2) is 0 Å². The van der Waals surface area contributed by atoms with E-state index in [9.17, 15) is 0 Å². The predicted octanol–water partition coefficient (Wildman–Crippen LogP) is 1.93. The van der Waals surface area contributed by atoms with E-state index in [2.05, 4.69) is 29.6 Å². The Hall–Kier alpha value is -0.820. The summed E-state index contributed by atoms with van der Waals surface area (Å²) in [6.45, 7) is 0. The quantitative estimate of drug-likeness (QED) is 0.569. The fraction of sp³-hybridized carbons (Fsp3) is 0.455. The first-order chi connectivity index (χ1) is 5.93. The zero-order chi connectivity index (χ0) is 7.97. The highest BCUT2D eigenvalue weighted by molar-refractivity contribution is 5.42. The van der Waals surface area contributed by atoms with E-state index in [0.29, 0.717) is 6.04 Å². The highest BCUT2D eigenvalue weighted by atomic mass is 15.0. The maximum atomic E-state index is 3.67. The molecule has 2 aliphatic carbocycles. The Morgan fingerprint density at radius 1 is 1.33 bits per heavy atom. The molecule has 1 fully saturated rings. The Morgan fingerprint density at radius 3 is 3.17 bits per heavy atom. The first-order valence-electron chi connectivity index (χ1n) is 4.77. The van der Waals surface area contributed by atoms with Crippen molar-refractivity contribution in [2.45, 2.75) is 31.3 Å². The average molecular weight is 159 g/mol. The topological polar surface area (TPSA) is 12.0 Å². The molecule has 3 aliphatic rings. The van der Waals surface area contributed by atoms with Crippen molar-refractivity contribution in [1.82, 2.24) is 5.32 Å². The smallest absolute Gasteiger partial charge is 0.0360 e. The normalized spacial score (nSPS) is 37.3. The van der Waals surface area contributed by atoms with Crippen LogP contribution in [0.1, 0.15) is 19.3 Å². The van der Waals surface area contributed by atoms with Crippen LogP contribution in [-0.2, 0) is 0 Å². The second-order valence-corrected chi connectivity index (χ2v) is 3.86. The van der Waals surface area contributed by atoms with Gasteiger partial charge in [-0.15, -0.1) is 0 Å². The molecule has 0 spiro atoms. The van der Waals surface area contributed by atoms with Crippen molar-refractivity contribution >= 4 is 0 Å². The Morgan fingerprint density at radius 2 is 2.33 bits per heavy atom. The molecule has 0 saturated heterocycles. The number of rotatable bonds is 0. The van der Waals surface area contributed by atoms with Crippen LogP contribution in [0.15, 0.2) is 35.5 Å². The van der Waals surface area contributed by atoms with Crippen LogP contribution in [0.5, 0.6) is 0 Å². The monoisotopic (exact) mass is 159 g/mol. The van der Waals surface area contributed by atoms with Crippen molar-refractivity contribution in [2.75, 3.05) is 0 Å². The van der Waals surface area contributed by atoms with Gasteiger partial charge in [0.05, 0.1) is 0 Å². The predicted molar refractivity (Wildman–Crippen MR) is 49.9 cm³/mol. The van der Waals surface area contributed by atoms with Crippen LogP contribution < -0.4 is 5.32 Å². The van der Waals surface area contributed by atoms with Gasteiger partial charge in [0, 0.05) is 12.1 Å². The van der Waals surface area contributed by atoms with Crippen molar-refractivity contribution in [3.8, 4) is 0 Å². The number of nitrogens with one attached hydrogen (secondary N) is 1. The Kier molecular flexibility index (Phi) is 1.30. The standard InChI is InChI=1S/C11H13N/c1-2-4-10-8(3-1)7-9-5-6-11(9)12-10/h1-3,7,10-12H,4-6H2. The molecular weight excluding hydrogens is 146 g/mol. The molecule has 1 aliphatic heterocycles. The second-order valence-electron chi connectivity index (χ2n) is 3.86. The lowest BCUT2D eigenvalue weighted by Crippen LogP contribution is -2.48. The Balaban J connectivity index is 1.98. The zero-order valence-electron chi connectivity index (χ0n) is 7.09. The Bertz CT molecular complexity index is 296. The van der Waals surface area contributed by atoms with E-state index < -0.39 is 0 Å². The molecule has 2 atom stereocenters. The molecule has 1 nitrogen and oxygen atoms in total. The molecule has 12 heavy (non-hydrogen) atoms. The minimum atomic E-state index is 0.615. The van der Waals surface area contributed by atoms with Crippen LogP contribution in [0.2, 0.25) is 0 Å². The third kappa shape index (κ3) is 0.831. The van der Waals surface area contributed by atoms with Gasteiger partial charge in [0.1, 0.15) is 0 Å². The molecule has 0 radical (unpaired) electrons. The molecule has 1 saturated carbocycles. The van der Waals surface area contributed by atoms with Gasteiger partial charge in [-0.05, 0) is 24.8 Å². The average Bonchev–Trinajstić information content (AvgIpc) is 2.09. The molecule has 1 N–H and O–H groups in total. The minimum absolute atomic E-state index is 0.615. The van der Waals surface area contributed by atoms with E-state index >= 15 is 0 Å². The van der Waals surface area contributed by atoms with Crippen molar-refractivity contribution in [2.24, 2.45) is 0 Å². The molecule has 0 bridgehead atoms. The summed E-state index contributed by atoms with van der Waals surface area (Å²) < 4.78 is 0. The van der Waals surface area contributed by atoms with E-state index in [1.165, 1.54) is 24.8 Å². The third-order valence-corrected chi connectivity index (χ3v) is 3.12. The van der Waals surface area contributed by atoms with Crippen LogP contribution in [0.3, 0.4) is 0 Å². The minimum Gasteiger partial charge on any atom is -0.303 e. The van der Waals surface area contributed by atoms with Crippen molar-refractivity contribution in [3.63, 3.8) is 0 Å². The molecule has 62 valence electrons. The van der Waals surface area contributed by atoms with Crippen LogP contribution in [-0.4, -0.2) is 12.1 Å². The van der Waals surface area contributed by atoms with E-state index in [1.54, 1.807) is 5.57 Å². The first kappa shape index (κ1) is 6.67. The SMILES string of the molecule is C1=CCC2NC3CCC3=CC2=C1. The zero-order valence-corrected chi connectivity index (χ0v) is 7.09.